The largest absolute Gasteiger partial charge is 0.346 e. The molecule has 1 aromatic heterocycles. The van der Waals surface area contributed by atoms with Crippen molar-refractivity contribution in [1.29, 1.82) is 0 Å². The molecule has 2 rings (SSSR count). The van der Waals surface area contributed by atoms with Gasteiger partial charge in [-0.25, -0.2) is 18.1 Å². The molecule has 0 saturated heterocycles. The summed E-state index contributed by atoms with van der Waals surface area (Å²) in [6.07, 6.45) is 0. The number of nitrogens with zero attached hydrogens (tertiary/aromatic N) is 1. The van der Waals surface area contributed by atoms with Gasteiger partial charge in [-0.3, -0.25) is 9.59 Å². The monoisotopic (exact) mass is 410 g/mol. The van der Waals surface area contributed by atoms with Crippen LogP contribution in [0.2, 0.25) is 0 Å². The molecule has 27 heavy (non-hydrogen) atoms. The number of hydrogen-bond acceptors (Lipinski definition) is 6. The third-order valence-corrected chi connectivity index (χ3v) is 5.75. The number of hydrogen-bond donors (Lipinski definition) is 3. The van der Waals surface area contributed by atoms with Gasteiger partial charge < -0.3 is 10.6 Å². The first-order valence-electron chi connectivity index (χ1n) is 8.25. The second kappa shape index (κ2) is 9.07. The highest BCUT2D eigenvalue weighted by Gasteiger charge is 2.16. The highest BCUT2D eigenvalue weighted by Crippen LogP contribution is 2.21. The minimum absolute atomic E-state index is 0.0726. The van der Waals surface area contributed by atoms with Crippen LogP contribution in [-0.2, 0) is 19.6 Å². The first-order chi connectivity index (χ1) is 12.7. The molecule has 0 aliphatic carbocycles. The maximum absolute atomic E-state index is 12.1. The molecule has 0 bridgehead atoms. The van der Waals surface area contributed by atoms with E-state index >= 15 is 0 Å². The molecular weight excluding hydrogens is 388 g/mol. The molecule has 0 spiro atoms. The molecule has 3 N–H and O–H groups in total. The second-order valence-corrected chi connectivity index (χ2v) is 8.82. The van der Waals surface area contributed by atoms with E-state index in [0.29, 0.717) is 5.13 Å². The molecule has 0 unspecified atom stereocenters. The van der Waals surface area contributed by atoms with E-state index < -0.39 is 28.4 Å². The second-order valence-electron chi connectivity index (χ2n) is 6.19. The molecule has 10 heteroatoms. The number of rotatable bonds is 8. The lowest BCUT2D eigenvalue weighted by atomic mass is 10.2. The number of carbonyl (C=O) groups excluding carboxylic acids is 2. The van der Waals surface area contributed by atoms with Crippen molar-refractivity contribution < 1.29 is 18.0 Å². The Hall–Kier alpha value is -2.30. The summed E-state index contributed by atoms with van der Waals surface area (Å²) in [6, 6.07) is 6.26. The van der Waals surface area contributed by atoms with Crippen LogP contribution in [0, 0.1) is 6.92 Å². The van der Waals surface area contributed by atoms with Gasteiger partial charge >= 0.3 is 0 Å². The van der Waals surface area contributed by atoms with Gasteiger partial charge in [-0.1, -0.05) is 31.5 Å². The summed E-state index contributed by atoms with van der Waals surface area (Å²) in [7, 11) is -3.78. The summed E-state index contributed by atoms with van der Waals surface area (Å²) in [6.45, 7) is 5.11. The fraction of sp³-hybridized carbons (Fsp3) is 0.353. The zero-order valence-electron chi connectivity index (χ0n) is 15.3. The number of benzene rings is 1. The van der Waals surface area contributed by atoms with Gasteiger partial charge in [0.1, 0.15) is 0 Å². The van der Waals surface area contributed by atoms with E-state index in [0.717, 1.165) is 11.3 Å². The van der Waals surface area contributed by atoms with Gasteiger partial charge in [0.15, 0.2) is 5.13 Å². The van der Waals surface area contributed by atoms with Crippen LogP contribution in [0.5, 0.6) is 0 Å². The fourth-order valence-electron chi connectivity index (χ4n) is 1.97. The Morgan fingerprint density at radius 3 is 2.37 bits per heavy atom. The number of nitrogens with one attached hydrogen (secondary N) is 3. The minimum Gasteiger partial charge on any atom is -0.346 e. The van der Waals surface area contributed by atoms with Crippen molar-refractivity contribution in [3.8, 4) is 0 Å². The van der Waals surface area contributed by atoms with Crippen molar-refractivity contribution in [3.63, 3.8) is 0 Å². The van der Waals surface area contributed by atoms with E-state index in [4.69, 9.17) is 0 Å². The van der Waals surface area contributed by atoms with Crippen LogP contribution in [-0.4, -0.2) is 38.3 Å². The molecule has 2 aromatic rings. The van der Waals surface area contributed by atoms with E-state index in [2.05, 4.69) is 20.3 Å². The van der Waals surface area contributed by atoms with Crippen LogP contribution in [0.3, 0.4) is 0 Å². The van der Waals surface area contributed by atoms with E-state index in [1.54, 1.807) is 12.1 Å². The summed E-state index contributed by atoms with van der Waals surface area (Å²) in [5.41, 5.74) is 1.81. The highest BCUT2D eigenvalue weighted by atomic mass is 32.2. The predicted octanol–water partition coefficient (Wildman–Crippen LogP) is 1.61. The molecule has 0 saturated carbocycles. The van der Waals surface area contributed by atoms with Crippen molar-refractivity contribution in [1.82, 2.24) is 15.0 Å². The van der Waals surface area contributed by atoms with Gasteiger partial charge in [-0.05, 0) is 25.0 Å². The van der Waals surface area contributed by atoms with Crippen molar-refractivity contribution in [2.24, 2.45) is 0 Å². The van der Waals surface area contributed by atoms with Crippen LogP contribution in [0.25, 0.3) is 0 Å². The van der Waals surface area contributed by atoms with Gasteiger partial charge in [0.2, 0.25) is 21.8 Å². The first kappa shape index (κ1) is 21.0. The molecule has 0 atom stereocenters. The Bertz CT molecular complexity index is 905. The van der Waals surface area contributed by atoms with Crippen molar-refractivity contribution in [2.75, 3.05) is 18.4 Å². The average Bonchev–Trinajstić information content (AvgIpc) is 3.07. The van der Waals surface area contributed by atoms with E-state index in [1.807, 2.05) is 26.2 Å². The SMILES string of the molecule is Cc1ccc(S(=O)(=O)NCC(=O)NCC(=O)Nc2nc(C(C)C)cs2)cc1. The van der Waals surface area contributed by atoms with Gasteiger partial charge in [0, 0.05) is 5.38 Å². The smallest absolute Gasteiger partial charge is 0.245 e. The molecule has 1 aromatic carbocycles. The number of aryl methyl sites for hydroxylation is 1. The van der Waals surface area contributed by atoms with Crippen LogP contribution in [0.1, 0.15) is 31.0 Å². The Balaban J connectivity index is 1.78. The van der Waals surface area contributed by atoms with E-state index in [1.165, 1.54) is 23.5 Å². The topological polar surface area (TPSA) is 117 Å². The summed E-state index contributed by atoms with van der Waals surface area (Å²) < 4.78 is 26.4. The summed E-state index contributed by atoms with van der Waals surface area (Å²) in [5, 5.41) is 7.27. The molecule has 0 aliphatic rings. The van der Waals surface area contributed by atoms with Crippen molar-refractivity contribution >= 4 is 38.3 Å². The maximum Gasteiger partial charge on any atom is 0.245 e. The quantitative estimate of drug-likeness (QED) is 0.611. The van der Waals surface area contributed by atoms with Crippen LogP contribution < -0.4 is 15.4 Å². The molecular formula is C17H22N4O4S2. The zero-order chi connectivity index (χ0) is 20.0. The number of amides is 2. The fourth-order valence-corrected chi connectivity index (χ4v) is 3.85. The normalized spacial score (nSPS) is 11.4. The molecule has 2 amide bonds. The lowest BCUT2D eigenvalue weighted by molar-refractivity contribution is -0.123. The van der Waals surface area contributed by atoms with Crippen molar-refractivity contribution in [2.45, 2.75) is 31.6 Å². The van der Waals surface area contributed by atoms with Crippen LogP contribution >= 0.6 is 11.3 Å². The standard InChI is InChI=1S/C17H22N4O4S2/c1-11(2)14-10-26-17(20-14)21-16(23)8-18-15(22)9-19-27(24,25)13-6-4-12(3)5-7-13/h4-7,10-11,19H,8-9H2,1-3H3,(H,18,22)(H,20,21,23). The minimum atomic E-state index is -3.78. The summed E-state index contributed by atoms with van der Waals surface area (Å²) in [5.74, 6) is -0.787. The Labute approximate surface area is 162 Å². The number of thiazole rings is 1. The highest BCUT2D eigenvalue weighted by molar-refractivity contribution is 7.89. The van der Waals surface area contributed by atoms with Gasteiger partial charge in [0.25, 0.3) is 0 Å². The lowest BCUT2D eigenvalue weighted by Crippen LogP contribution is -2.40. The average molecular weight is 411 g/mol. The number of aromatic nitrogens is 1. The summed E-state index contributed by atoms with van der Waals surface area (Å²) >= 11 is 1.31. The van der Waals surface area contributed by atoms with E-state index in [9.17, 15) is 18.0 Å². The summed E-state index contributed by atoms with van der Waals surface area (Å²) in [4.78, 5) is 28.0. The molecule has 0 fully saturated rings. The number of carbonyl (C=O) groups is 2. The third kappa shape index (κ3) is 6.42. The van der Waals surface area contributed by atoms with Crippen LogP contribution in [0.4, 0.5) is 5.13 Å². The Morgan fingerprint density at radius 2 is 1.78 bits per heavy atom. The lowest BCUT2D eigenvalue weighted by Gasteiger charge is -2.08. The van der Waals surface area contributed by atoms with Crippen molar-refractivity contribution in [3.05, 3.63) is 40.9 Å². The molecule has 8 nitrogen and oxygen atoms in total. The predicted molar refractivity (Wildman–Crippen MR) is 104 cm³/mol. The van der Waals surface area contributed by atoms with Gasteiger partial charge in [-0.2, -0.15) is 0 Å². The van der Waals surface area contributed by atoms with Gasteiger partial charge in [-0.15, -0.1) is 11.3 Å². The van der Waals surface area contributed by atoms with E-state index in [-0.39, 0.29) is 17.4 Å². The van der Waals surface area contributed by atoms with Crippen LogP contribution in [0.15, 0.2) is 34.5 Å². The Kier molecular flexibility index (Phi) is 7.05. The Morgan fingerprint density at radius 1 is 1.11 bits per heavy atom. The zero-order valence-corrected chi connectivity index (χ0v) is 16.9. The maximum atomic E-state index is 12.1. The van der Waals surface area contributed by atoms with Gasteiger partial charge in [0.05, 0.1) is 23.7 Å². The number of anilines is 1. The molecule has 0 aliphatic heterocycles. The molecule has 1 heterocycles. The molecule has 146 valence electrons. The number of sulfonamides is 1. The first-order valence-corrected chi connectivity index (χ1v) is 10.6. The molecule has 0 radical (unpaired) electrons. The third-order valence-electron chi connectivity index (χ3n) is 3.56.